The van der Waals surface area contributed by atoms with Gasteiger partial charge in [-0.25, -0.2) is 9.37 Å². The van der Waals surface area contributed by atoms with Gasteiger partial charge >= 0.3 is 0 Å². The van der Waals surface area contributed by atoms with Gasteiger partial charge in [-0.3, -0.25) is 10.1 Å². The Labute approximate surface area is 55.5 Å². The Morgan fingerprint density at radius 2 is 2.50 bits per heavy atom. The van der Waals surface area contributed by atoms with Crippen LogP contribution in [0.2, 0.25) is 0 Å². The fraction of sp³-hybridized carbons (Fsp3) is 0. The van der Waals surface area contributed by atoms with Crippen LogP contribution in [0.1, 0.15) is 0 Å². The maximum atomic E-state index is 12.1. The lowest BCUT2D eigenvalue weighted by Crippen LogP contribution is -1.89. The van der Waals surface area contributed by atoms with Crippen LogP contribution < -0.4 is 0 Å². The first-order valence-electron chi connectivity index (χ1n) is 2.38. The molecule has 51 valence electrons. The van der Waals surface area contributed by atoms with Crippen molar-refractivity contribution < 1.29 is 9.31 Å². The van der Waals surface area contributed by atoms with E-state index in [2.05, 4.69) is 4.98 Å². The Morgan fingerprint density at radius 1 is 1.80 bits per heavy atom. The van der Waals surface area contributed by atoms with Gasteiger partial charge in [0, 0.05) is 0 Å². The normalized spacial score (nSPS) is 9.30. The standard InChI is InChI=1S/C5H2FN2O2/c6-4-1-5(8(9)10)3-7-2-4/h1-2H. The molecular weight excluding hydrogens is 139 g/mol. The van der Waals surface area contributed by atoms with Gasteiger partial charge in [-0.05, 0) is 0 Å². The summed E-state index contributed by atoms with van der Waals surface area (Å²) in [5.74, 6) is -0.731. The van der Waals surface area contributed by atoms with Gasteiger partial charge in [-0.2, -0.15) is 0 Å². The molecule has 1 radical (unpaired) electrons. The Balaban J connectivity index is 3.07. The summed E-state index contributed by atoms with van der Waals surface area (Å²) < 4.78 is 12.1. The van der Waals surface area contributed by atoms with E-state index in [1.165, 1.54) is 0 Å². The van der Waals surface area contributed by atoms with Crippen LogP contribution in [0.15, 0.2) is 12.3 Å². The molecule has 1 heterocycles. The number of rotatable bonds is 1. The minimum atomic E-state index is -0.754. The molecule has 0 saturated carbocycles. The van der Waals surface area contributed by atoms with E-state index in [4.69, 9.17) is 0 Å². The number of nitrogens with zero attached hydrogens (tertiary/aromatic N) is 2. The minimum absolute atomic E-state index is 0.458. The Morgan fingerprint density at radius 3 is 2.90 bits per heavy atom. The van der Waals surface area contributed by atoms with Crippen LogP contribution in [0.5, 0.6) is 0 Å². The number of halogens is 1. The molecule has 5 heteroatoms. The zero-order chi connectivity index (χ0) is 7.56. The third-order valence-electron chi connectivity index (χ3n) is 0.838. The van der Waals surface area contributed by atoms with E-state index in [1.54, 1.807) is 0 Å². The van der Waals surface area contributed by atoms with E-state index in [1.807, 2.05) is 6.20 Å². The SMILES string of the molecule is O=[N+]([O-])c1[c]ncc(F)c1. The summed E-state index contributed by atoms with van der Waals surface area (Å²) in [6.45, 7) is 0. The third-order valence-corrected chi connectivity index (χ3v) is 0.838. The molecule has 0 atom stereocenters. The van der Waals surface area contributed by atoms with Crippen molar-refractivity contribution in [3.05, 3.63) is 34.4 Å². The molecule has 0 unspecified atom stereocenters. The molecule has 1 aromatic rings. The molecule has 0 fully saturated rings. The number of nitro groups is 1. The zero-order valence-corrected chi connectivity index (χ0v) is 4.74. The van der Waals surface area contributed by atoms with Crippen molar-refractivity contribution in [2.45, 2.75) is 0 Å². The maximum absolute atomic E-state index is 12.1. The van der Waals surface area contributed by atoms with E-state index in [-0.39, 0.29) is 0 Å². The van der Waals surface area contributed by atoms with Crippen LogP contribution in [-0.2, 0) is 0 Å². The summed E-state index contributed by atoms with van der Waals surface area (Å²) in [7, 11) is 0. The van der Waals surface area contributed by atoms with Crippen molar-refractivity contribution in [3.63, 3.8) is 0 Å². The number of hydrogen-bond acceptors (Lipinski definition) is 3. The number of hydrogen-bond donors (Lipinski definition) is 0. The van der Waals surface area contributed by atoms with Crippen LogP contribution in [-0.4, -0.2) is 9.91 Å². The maximum Gasteiger partial charge on any atom is 0.300 e. The topological polar surface area (TPSA) is 56.0 Å². The van der Waals surface area contributed by atoms with Crippen LogP contribution in [0.3, 0.4) is 0 Å². The molecule has 0 bridgehead atoms. The second-order valence-electron chi connectivity index (χ2n) is 1.54. The summed E-state index contributed by atoms with van der Waals surface area (Å²) in [5.41, 5.74) is -0.458. The Hall–Kier alpha value is -1.52. The van der Waals surface area contributed by atoms with E-state index in [9.17, 15) is 14.5 Å². The van der Waals surface area contributed by atoms with Gasteiger partial charge in [-0.15, -0.1) is 0 Å². The molecule has 0 aliphatic heterocycles. The van der Waals surface area contributed by atoms with Crippen molar-refractivity contribution in [3.8, 4) is 0 Å². The van der Waals surface area contributed by atoms with Crippen molar-refractivity contribution >= 4 is 5.69 Å². The number of pyridine rings is 1. The summed E-state index contributed by atoms with van der Waals surface area (Å²) in [6, 6.07) is 0.757. The van der Waals surface area contributed by atoms with Gasteiger partial charge in [-0.1, -0.05) is 0 Å². The Kier molecular flexibility index (Phi) is 1.57. The lowest BCUT2D eigenvalue weighted by atomic mass is 10.4. The highest BCUT2D eigenvalue weighted by molar-refractivity contribution is 5.23. The van der Waals surface area contributed by atoms with Gasteiger partial charge in [0.25, 0.3) is 5.69 Å². The second-order valence-corrected chi connectivity index (χ2v) is 1.54. The van der Waals surface area contributed by atoms with Gasteiger partial charge in [0.05, 0.1) is 17.2 Å². The first-order chi connectivity index (χ1) is 4.70. The molecule has 0 aliphatic rings. The molecular formula is C5H2FN2O2. The molecule has 1 rings (SSSR count). The molecule has 0 spiro atoms. The fourth-order valence-corrected chi connectivity index (χ4v) is 0.454. The van der Waals surface area contributed by atoms with Crippen LogP contribution >= 0.6 is 0 Å². The molecule has 0 aliphatic carbocycles. The summed E-state index contributed by atoms with van der Waals surface area (Å²) in [5, 5.41) is 9.92. The lowest BCUT2D eigenvalue weighted by molar-refractivity contribution is -0.385. The molecule has 0 saturated heterocycles. The molecule has 10 heavy (non-hydrogen) atoms. The average Bonchev–Trinajstić information content (AvgIpc) is 1.88. The van der Waals surface area contributed by atoms with Gasteiger partial charge in [0.15, 0.2) is 6.20 Å². The van der Waals surface area contributed by atoms with Crippen molar-refractivity contribution in [2.24, 2.45) is 0 Å². The first-order valence-corrected chi connectivity index (χ1v) is 2.38. The van der Waals surface area contributed by atoms with Gasteiger partial charge in [0.1, 0.15) is 5.82 Å². The van der Waals surface area contributed by atoms with E-state index < -0.39 is 16.4 Å². The Bertz CT molecular complexity index is 264. The third kappa shape index (κ3) is 1.25. The average molecular weight is 141 g/mol. The van der Waals surface area contributed by atoms with Crippen LogP contribution in [0, 0.1) is 22.1 Å². The molecule has 1 aromatic heterocycles. The highest BCUT2D eigenvalue weighted by Crippen LogP contribution is 2.07. The highest BCUT2D eigenvalue weighted by Gasteiger charge is 2.05. The van der Waals surface area contributed by atoms with Crippen molar-refractivity contribution in [1.82, 2.24) is 4.98 Å². The van der Waals surface area contributed by atoms with Crippen LogP contribution in [0.25, 0.3) is 0 Å². The quantitative estimate of drug-likeness (QED) is 0.431. The molecule has 0 amide bonds. The van der Waals surface area contributed by atoms with Crippen molar-refractivity contribution in [2.75, 3.05) is 0 Å². The summed E-state index contributed by atoms with van der Waals surface area (Å²) in [6.07, 6.45) is 2.87. The second kappa shape index (κ2) is 2.38. The first kappa shape index (κ1) is 6.60. The molecule has 0 aromatic carbocycles. The van der Waals surface area contributed by atoms with Gasteiger partial charge in [0.2, 0.25) is 0 Å². The molecule has 0 N–H and O–H groups in total. The summed E-state index contributed by atoms with van der Waals surface area (Å²) >= 11 is 0. The fourth-order valence-electron chi connectivity index (χ4n) is 0.454. The predicted octanol–water partition coefficient (Wildman–Crippen LogP) is 0.929. The largest absolute Gasteiger partial charge is 0.300 e. The zero-order valence-electron chi connectivity index (χ0n) is 4.74. The number of aromatic nitrogens is 1. The predicted molar refractivity (Wildman–Crippen MR) is 29.7 cm³/mol. The highest BCUT2D eigenvalue weighted by atomic mass is 19.1. The lowest BCUT2D eigenvalue weighted by Gasteiger charge is -1.86. The van der Waals surface area contributed by atoms with E-state index >= 15 is 0 Å². The smallest absolute Gasteiger partial charge is 0.258 e. The van der Waals surface area contributed by atoms with E-state index in [0.29, 0.717) is 0 Å². The molecule has 4 nitrogen and oxygen atoms in total. The monoisotopic (exact) mass is 141 g/mol. The summed E-state index contributed by atoms with van der Waals surface area (Å²) in [4.78, 5) is 12.3. The minimum Gasteiger partial charge on any atom is -0.258 e. The van der Waals surface area contributed by atoms with E-state index in [0.717, 1.165) is 12.3 Å². The van der Waals surface area contributed by atoms with Crippen molar-refractivity contribution in [1.29, 1.82) is 0 Å². The van der Waals surface area contributed by atoms with Crippen LogP contribution in [0.4, 0.5) is 10.1 Å². The van der Waals surface area contributed by atoms with Gasteiger partial charge < -0.3 is 0 Å².